The summed E-state index contributed by atoms with van der Waals surface area (Å²) in [4.78, 5) is 0.761. The van der Waals surface area contributed by atoms with Crippen molar-refractivity contribution in [1.82, 2.24) is 0 Å². The minimum atomic E-state index is -0.652. The number of nitrogens with two attached hydrogens (primary N) is 1. The minimum Gasteiger partial charge on any atom is -0.438 e. The molecule has 2 N–H and O–H groups in total. The number of hydrogen-bond donors (Lipinski definition) is 1. The summed E-state index contributed by atoms with van der Waals surface area (Å²) in [7, 11) is 0. The molecule has 0 unspecified atom stereocenters. The number of halogens is 2. The molecule has 24 heavy (non-hydrogen) atoms. The molecule has 0 spiro atoms. The van der Waals surface area contributed by atoms with E-state index in [2.05, 4.69) is 6.07 Å². The maximum absolute atomic E-state index is 9.70. The Morgan fingerprint density at radius 2 is 1.83 bits per heavy atom. The number of thiophene rings is 1. The normalized spacial score (nSPS) is 17.2. The molecular weight excluding hydrogens is 365 g/mol. The van der Waals surface area contributed by atoms with E-state index < -0.39 is 5.92 Å². The maximum atomic E-state index is 9.70. The van der Waals surface area contributed by atoms with Crippen molar-refractivity contribution in [3.8, 4) is 12.1 Å². The fraction of sp³-hybridized carbons (Fsp3) is 0.0588. The van der Waals surface area contributed by atoms with Crippen LogP contribution in [-0.4, -0.2) is 0 Å². The summed E-state index contributed by atoms with van der Waals surface area (Å²) in [6.07, 6.45) is 0. The highest BCUT2D eigenvalue weighted by molar-refractivity contribution is 7.11. The average molecular weight is 374 g/mol. The number of ether oxygens (including phenoxy) is 1. The molecule has 118 valence electrons. The zero-order chi connectivity index (χ0) is 17.3. The van der Waals surface area contributed by atoms with Gasteiger partial charge >= 0.3 is 0 Å². The van der Waals surface area contributed by atoms with Gasteiger partial charge in [-0.1, -0.05) is 35.3 Å². The predicted molar refractivity (Wildman–Crippen MR) is 94.0 cm³/mol. The number of hydrogen-bond acceptors (Lipinski definition) is 5. The molecule has 0 amide bonds. The van der Waals surface area contributed by atoms with Gasteiger partial charge in [0, 0.05) is 0 Å². The van der Waals surface area contributed by atoms with E-state index in [1.165, 1.54) is 11.3 Å². The Morgan fingerprint density at radius 1 is 1.08 bits per heavy atom. The maximum Gasteiger partial charge on any atom is 0.205 e. The SMILES string of the molecule is N#CC1=C(N)OC(c2cccs2)=C(C#N)[C@H]1c1ccc(Cl)c(Cl)c1. The number of nitrogens with zero attached hydrogens (tertiary/aromatic N) is 2. The molecule has 1 atom stereocenters. The van der Waals surface area contributed by atoms with Crippen LogP contribution < -0.4 is 5.73 Å². The first-order valence-corrected chi connectivity index (χ1v) is 8.41. The summed E-state index contributed by atoms with van der Waals surface area (Å²) in [5.41, 5.74) is 7.06. The molecule has 0 bridgehead atoms. The molecule has 1 aliphatic rings. The Morgan fingerprint density at radius 3 is 2.42 bits per heavy atom. The van der Waals surface area contributed by atoms with Crippen LogP contribution in [0.3, 0.4) is 0 Å². The Hall–Kier alpha value is -2.44. The van der Waals surface area contributed by atoms with E-state index in [9.17, 15) is 10.5 Å². The number of nitriles is 2. The van der Waals surface area contributed by atoms with Crippen LogP contribution in [0.2, 0.25) is 10.0 Å². The molecule has 3 rings (SSSR count). The van der Waals surface area contributed by atoms with Crippen molar-refractivity contribution >= 4 is 40.3 Å². The third kappa shape index (κ3) is 2.74. The molecule has 7 heteroatoms. The smallest absolute Gasteiger partial charge is 0.205 e. The van der Waals surface area contributed by atoms with E-state index in [4.69, 9.17) is 33.7 Å². The topological polar surface area (TPSA) is 82.8 Å². The zero-order valence-corrected chi connectivity index (χ0v) is 14.4. The third-order valence-corrected chi connectivity index (χ3v) is 5.17. The van der Waals surface area contributed by atoms with Crippen LogP contribution >= 0.6 is 34.5 Å². The lowest BCUT2D eigenvalue weighted by molar-refractivity contribution is 0.358. The van der Waals surface area contributed by atoms with Crippen molar-refractivity contribution in [2.45, 2.75) is 5.92 Å². The van der Waals surface area contributed by atoms with Crippen molar-refractivity contribution in [3.63, 3.8) is 0 Å². The van der Waals surface area contributed by atoms with Crippen molar-refractivity contribution in [2.24, 2.45) is 5.73 Å². The Balaban J connectivity index is 2.24. The van der Waals surface area contributed by atoms with E-state index in [0.29, 0.717) is 26.9 Å². The van der Waals surface area contributed by atoms with Gasteiger partial charge in [-0.05, 0) is 29.1 Å². The molecule has 0 aliphatic carbocycles. The summed E-state index contributed by atoms with van der Waals surface area (Å²) >= 11 is 13.5. The molecule has 0 radical (unpaired) electrons. The Bertz CT molecular complexity index is 949. The van der Waals surface area contributed by atoms with Crippen molar-refractivity contribution < 1.29 is 4.74 Å². The van der Waals surface area contributed by atoms with Crippen LogP contribution in [0, 0.1) is 22.7 Å². The van der Waals surface area contributed by atoms with E-state index in [1.54, 1.807) is 18.2 Å². The number of rotatable bonds is 2. The van der Waals surface area contributed by atoms with Gasteiger partial charge < -0.3 is 10.5 Å². The van der Waals surface area contributed by atoms with Gasteiger partial charge in [-0.25, -0.2) is 0 Å². The van der Waals surface area contributed by atoms with Crippen LogP contribution in [-0.2, 0) is 4.74 Å². The largest absolute Gasteiger partial charge is 0.438 e. The second kappa shape index (κ2) is 6.59. The number of benzene rings is 1. The van der Waals surface area contributed by atoms with E-state index in [1.807, 2.05) is 23.6 Å². The highest BCUT2D eigenvalue weighted by atomic mass is 35.5. The second-order valence-electron chi connectivity index (χ2n) is 4.93. The summed E-state index contributed by atoms with van der Waals surface area (Å²) < 4.78 is 5.59. The average Bonchev–Trinajstić information content (AvgIpc) is 3.10. The second-order valence-corrected chi connectivity index (χ2v) is 6.69. The summed E-state index contributed by atoms with van der Waals surface area (Å²) in [5.74, 6) is -0.309. The summed E-state index contributed by atoms with van der Waals surface area (Å²) in [6.45, 7) is 0. The quantitative estimate of drug-likeness (QED) is 0.819. The first-order chi connectivity index (χ1) is 11.6. The predicted octanol–water partition coefficient (Wildman–Crippen LogP) is 4.80. The monoisotopic (exact) mass is 373 g/mol. The molecule has 1 aromatic carbocycles. The van der Waals surface area contributed by atoms with Crippen molar-refractivity contribution in [2.75, 3.05) is 0 Å². The highest BCUT2D eigenvalue weighted by Crippen LogP contribution is 2.43. The van der Waals surface area contributed by atoms with Crippen LogP contribution in [0.5, 0.6) is 0 Å². The molecule has 0 saturated heterocycles. The van der Waals surface area contributed by atoms with E-state index in [-0.39, 0.29) is 11.5 Å². The Labute approximate surface area is 152 Å². The first-order valence-electron chi connectivity index (χ1n) is 6.77. The molecule has 1 aromatic heterocycles. The van der Waals surface area contributed by atoms with E-state index in [0.717, 1.165) is 4.88 Å². The van der Waals surface area contributed by atoms with Crippen LogP contribution in [0.15, 0.2) is 52.7 Å². The van der Waals surface area contributed by atoms with E-state index >= 15 is 0 Å². The number of allylic oxidation sites excluding steroid dienone is 2. The summed E-state index contributed by atoms with van der Waals surface area (Å²) in [6, 6.07) is 12.8. The molecule has 0 saturated carbocycles. The lowest BCUT2D eigenvalue weighted by Crippen LogP contribution is -2.19. The standard InChI is InChI=1S/C17H9Cl2N3OS/c18-12-4-3-9(6-13(12)19)15-10(7-20)16(14-2-1-5-24-14)23-17(22)11(15)8-21/h1-6,15H,22H2/t15-/m1/s1. The van der Waals surface area contributed by atoms with Crippen molar-refractivity contribution in [3.05, 3.63) is 73.2 Å². The fourth-order valence-electron chi connectivity index (χ4n) is 2.49. The lowest BCUT2D eigenvalue weighted by Gasteiger charge is -2.25. The van der Waals surface area contributed by atoms with Crippen LogP contribution in [0.25, 0.3) is 5.76 Å². The minimum absolute atomic E-state index is 0.0176. The Kier molecular flexibility index (Phi) is 4.51. The van der Waals surface area contributed by atoms with Gasteiger partial charge in [-0.2, -0.15) is 10.5 Å². The van der Waals surface area contributed by atoms with Gasteiger partial charge in [0.05, 0.1) is 32.5 Å². The van der Waals surface area contributed by atoms with Gasteiger partial charge in [0.1, 0.15) is 11.6 Å². The van der Waals surface area contributed by atoms with Gasteiger partial charge in [-0.3, -0.25) is 0 Å². The van der Waals surface area contributed by atoms with Crippen molar-refractivity contribution in [1.29, 1.82) is 10.5 Å². The van der Waals surface area contributed by atoms with Gasteiger partial charge in [0.15, 0.2) is 5.76 Å². The molecule has 4 nitrogen and oxygen atoms in total. The molecular formula is C17H9Cl2N3OS. The fourth-order valence-corrected chi connectivity index (χ4v) is 3.51. The summed E-state index contributed by atoms with van der Waals surface area (Å²) in [5, 5.41) is 21.8. The molecule has 2 aromatic rings. The van der Waals surface area contributed by atoms with Gasteiger partial charge in [0.2, 0.25) is 5.88 Å². The lowest BCUT2D eigenvalue weighted by atomic mass is 9.83. The zero-order valence-electron chi connectivity index (χ0n) is 12.1. The molecule has 0 fully saturated rings. The molecule has 1 aliphatic heterocycles. The molecule has 2 heterocycles. The first kappa shape index (κ1) is 16.4. The van der Waals surface area contributed by atoms with Crippen LogP contribution in [0.4, 0.5) is 0 Å². The van der Waals surface area contributed by atoms with Crippen LogP contribution in [0.1, 0.15) is 16.4 Å². The van der Waals surface area contributed by atoms with Gasteiger partial charge in [0.25, 0.3) is 0 Å². The highest BCUT2D eigenvalue weighted by Gasteiger charge is 2.34. The van der Waals surface area contributed by atoms with Gasteiger partial charge in [-0.15, -0.1) is 11.3 Å². The third-order valence-electron chi connectivity index (χ3n) is 3.56.